The van der Waals surface area contributed by atoms with Gasteiger partial charge in [-0.05, 0) is 69.7 Å². The summed E-state index contributed by atoms with van der Waals surface area (Å²) in [6, 6.07) is 5.77. The molecule has 21 heavy (non-hydrogen) atoms. The van der Waals surface area contributed by atoms with Gasteiger partial charge in [0.25, 0.3) is 0 Å². The Morgan fingerprint density at radius 2 is 2.10 bits per heavy atom. The zero-order chi connectivity index (χ0) is 15.7. The first-order valence-corrected chi connectivity index (χ1v) is 7.64. The Hall–Kier alpha value is -1.26. The molecule has 1 aromatic rings. The van der Waals surface area contributed by atoms with E-state index in [1.807, 2.05) is 39.0 Å². The van der Waals surface area contributed by atoms with Crippen molar-refractivity contribution in [3.05, 3.63) is 28.8 Å². The van der Waals surface area contributed by atoms with Crippen molar-refractivity contribution in [3.8, 4) is 0 Å². The van der Waals surface area contributed by atoms with Crippen LogP contribution < -0.4 is 11.1 Å². The van der Waals surface area contributed by atoms with Crippen LogP contribution in [-0.2, 0) is 10.2 Å². The van der Waals surface area contributed by atoms with E-state index in [9.17, 15) is 4.79 Å². The lowest BCUT2D eigenvalue weighted by Crippen LogP contribution is -2.27. The molecule has 116 valence electrons. The molecule has 1 aliphatic carbocycles. The van der Waals surface area contributed by atoms with E-state index in [1.54, 1.807) is 0 Å². The predicted molar refractivity (Wildman–Crippen MR) is 85.9 cm³/mol. The topological polar surface area (TPSA) is 64.3 Å². The SMILES string of the molecule is CC(C)(C)OC(=O)Nc1ccc(C2(CCN)CC2)cc1Cl. The third-order valence-electron chi connectivity index (χ3n) is 3.69. The smallest absolute Gasteiger partial charge is 0.412 e. The Balaban J connectivity index is 2.08. The number of halogens is 1. The van der Waals surface area contributed by atoms with Gasteiger partial charge in [-0.3, -0.25) is 5.32 Å². The summed E-state index contributed by atoms with van der Waals surface area (Å²) in [7, 11) is 0. The highest BCUT2D eigenvalue weighted by atomic mass is 35.5. The fourth-order valence-electron chi connectivity index (χ4n) is 2.47. The fourth-order valence-corrected chi connectivity index (χ4v) is 2.70. The molecular weight excluding hydrogens is 288 g/mol. The highest BCUT2D eigenvalue weighted by molar-refractivity contribution is 6.33. The molecule has 4 nitrogen and oxygen atoms in total. The maximum Gasteiger partial charge on any atom is 0.412 e. The number of benzene rings is 1. The maximum absolute atomic E-state index is 11.8. The van der Waals surface area contributed by atoms with E-state index < -0.39 is 11.7 Å². The quantitative estimate of drug-likeness (QED) is 0.881. The summed E-state index contributed by atoms with van der Waals surface area (Å²) in [5.41, 5.74) is 7.11. The third kappa shape index (κ3) is 4.11. The van der Waals surface area contributed by atoms with E-state index in [0.29, 0.717) is 17.3 Å². The minimum absolute atomic E-state index is 0.197. The predicted octanol–water partition coefficient (Wildman–Crippen LogP) is 4.07. The van der Waals surface area contributed by atoms with E-state index >= 15 is 0 Å². The molecule has 1 amide bonds. The van der Waals surface area contributed by atoms with Crippen LogP contribution in [0.1, 0.15) is 45.6 Å². The number of nitrogens with two attached hydrogens (primary N) is 1. The van der Waals surface area contributed by atoms with Crippen LogP contribution in [0.15, 0.2) is 18.2 Å². The van der Waals surface area contributed by atoms with Gasteiger partial charge in [0, 0.05) is 0 Å². The summed E-state index contributed by atoms with van der Waals surface area (Å²) >= 11 is 6.28. The van der Waals surface area contributed by atoms with Gasteiger partial charge in [0.15, 0.2) is 0 Å². The van der Waals surface area contributed by atoms with Crippen molar-refractivity contribution in [1.82, 2.24) is 0 Å². The lowest BCUT2D eigenvalue weighted by Gasteiger charge is -2.20. The summed E-state index contributed by atoms with van der Waals surface area (Å²) in [4.78, 5) is 11.8. The van der Waals surface area contributed by atoms with Crippen LogP contribution in [0.4, 0.5) is 10.5 Å². The minimum Gasteiger partial charge on any atom is -0.444 e. The van der Waals surface area contributed by atoms with Crippen LogP contribution in [0.25, 0.3) is 0 Å². The number of nitrogens with one attached hydrogen (secondary N) is 1. The van der Waals surface area contributed by atoms with Crippen LogP contribution in [-0.4, -0.2) is 18.2 Å². The molecule has 1 aromatic carbocycles. The van der Waals surface area contributed by atoms with Gasteiger partial charge in [-0.25, -0.2) is 4.79 Å². The molecule has 1 saturated carbocycles. The van der Waals surface area contributed by atoms with Gasteiger partial charge in [0.05, 0.1) is 10.7 Å². The lowest BCUT2D eigenvalue weighted by molar-refractivity contribution is 0.0636. The third-order valence-corrected chi connectivity index (χ3v) is 4.01. The summed E-state index contributed by atoms with van der Waals surface area (Å²) in [5.74, 6) is 0. The van der Waals surface area contributed by atoms with Gasteiger partial charge in [0.2, 0.25) is 0 Å². The highest BCUT2D eigenvalue weighted by Crippen LogP contribution is 2.51. The number of hydrogen-bond donors (Lipinski definition) is 2. The van der Waals surface area contributed by atoms with Crippen molar-refractivity contribution < 1.29 is 9.53 Å². The van der Waals surface area contributed by atoms with Gasteiger partial charge in [0.1, 0.15) is 5.60 Å². The molecule has 2 rings (SSSR count). The fraction of sp³-hybridized carbons (Fsp3) is 0.562. The van der Waals surface area contributed by atoms with Gasteiger partial charge >= 0.3 is 6.09 Å². The van der Waals surface area contributed by atoms with Crippen molar-refractivity contribution in [1.29, 1.82) is 0 Å². The molecule has 1 aliphatic rings. The molecule has 0 saturated heterocycles. The van der Waals surface area contributed by atoms with Crippen LogP contribution in [0.5, 0.6) is 0 Å². The normalized spacial score (nSPS) is 16.4. The Morgan fingerprint density at radius 3 is 2.57 bits per heavy atom. The number of carbonyl (C=O) groups excluding carboxylic acids is 1. The molecule has 0 radical (unpaired) electrons. The second kappa shape index (κ2) is 5.85. The summed E-state index contributed by atoms with van der Waals surface area (Å²) in [6.07, 6.45) is 2.78. The van der Waals surface area contributed by atoms with Crippen molar-refractivity contribution in [2.45, 2.75) is 51.0 Å². The van der Waals surface area contributed by atoms with Crippen LogP contribution in [0.2, 0.25) is 5.02 Å². The number of ether oxygens (including phenoxy) is 1. The zero-order valence-electron chi connectivity index (χ0n) is 12.8. The Morgan fingerprint density at radius 1 is 1.43 bits per heavy atom. The molecule has 5 heteroatoms. The largest absolute Gasteiger partial charge is 0.444 e. The first-order valence-electron chi connectivity index (χ1n) is 7.26. The zero-order valence-corrected chi connectivity index (χ0v) is 13.6. The van der Waals surface area contributed by atoms with Gasteiger partial charge in [-0.2, -0.15) is 0 Å². The highest BCUT2D eigenvalue weighted by Gasteiger charge is 2.43. The monoisotopic (exact) mass is 310 g/mol. The average molecular weight is 311 g/mol. The Labute approximate surface area is 131 Å². The van der Waals surface area contributed by atoms with E-state index in [2.05, 4.69) is 5.32 Å². The first kappa shape index (κ1) is 16.1. The van der Waals surface area contributed by atoms with E-state index in [-0.39, 0.29) is 5.41 Å². The molecule has 0 unspecified atom stereocenters. The Kier molecular flexibility index (Phi) is 4.49. The second-order valence-electron chi connectivity index (χ2n) is 6.64. The minimum atomic E-state index is -0.532. The van der Waals surface area contributed by atoms with Crippen LogP contribution in [0, 0.1) is 0 Å². The average Bonchev–Trinajstić information content (AvgIpc) is 3.11. The number of amides is 1. The number of carbonyl (C=O) groups is 1. The Bertz CT molecular complexity index is 534. The van der Waals surface area contributed by atoms with E-state index in [4.69, 9.17) is 22.1 Å². The molecule has 3 N–H and O–H groups in total. The summed E-state index contributed by atoms with van der Waals surface area (Å²) in [5, 5.41) is 3.21. The van der Waals surface area contributed by atoms with E-state index in [0.717, 1.165) is 19.3 Å². The van der Waals surface area contributed by atoms with Gasteiger partial charge in [-0.15, -0.1) is 0 Å². The maximum atomic E-state index is 11.8. The van der Waals surface area contributed by atoms with Crippen molar-refractivity contribution >= 4 is 23.4 Å². The van der Waals surface area contributed by atoms with E-state index in [1.165, 1.54) is 5.56 Å². The molecule has 0 heterocycles. The van der Waals surface area contributed by atoms with Crippen molar-refractivity contribution in [3.63, 3.8) is 0 Å². The van der Waals surface area contributed by atoms with Crippen molar-refractivity contribution in [2.75, 3.05) is 11.9 Å². The number of rotatable bonds is 4. The molecule has 0 bridgehead atoms. The molecular formula is C16H23ClN2O2. The van der Waals surface area contributed by atoms with Gasteiger partial charge < -0.3 is 10.5 Å². The number of hydrogen-bond acceptors (Lipinski definition) is 3. The molecule has 0 aliphatic heterocycles. The second-order valence-corrected chi connectivity index (χ2v) is 7.05. The molecule has 0 atom stereocenters. The lowest BCUT2D eigenvalue weighted by atomic mass is 9.92. The molecule has 0 aromatic heterocycles. The van der Waals surface area contributed by atoms with Crippen molar-refractivity contribution in [2.24, 2.45) is 5.73 Å². The first-order chi connectivity index (χ1) is 9.76. The van der Waals surface area contributed by atoms with Crippen LogP contribution >= 0.6 is 11.6 Å². The standard InChI is InChI=1S/C16H23ClN2O2/c1-15(2,3)21-14(20)19-13-5-4-11(10-12(13)17)16(6-7-16)8-9-18/h4-5,10H,6-9,18H2,1-3H3,(H,19,20). The molecule has 1 fully saturated rings. The molecule has 0 spiro atoms. The summed E-state index contributed by atoms with van der Waals surface area (Å²) in [6.45, 7) is 6.14. The summed E-state index contributed by atoms with van der Waals surface area (Å²) < 4.78 is 5.22. The van der Waals surface area contributed by atoms with Gasteiger partial charge in [-0.1, -0.05) is 17.7 Å². The number of anilines is 1. The van der Waals surface area contributed by atoms with Crippen LogP contribution in [0.3, 0.4) is 0 Å².